The molecule has 0 aliphatic carbocycles. The number of hydrogen-bond acceptors (Lipinski definition) is 10. The maximum absolute atomic E-state index is 14.0. The number of aryl methyl sites for hydroxylation is 1. The highest BCUT2D eigenvalue weighted by Gasteiger charge is 2.44. The van der Waals surface area contributed by atoms with E-state index in [-0.39, 0.29) is 44.7 Å². The summed E-state index contributed by atoms with van der Waals surface area (Å²) < 4.78 is 11.3. The van der Waals surface area contributed by atoms with Crippen molar-refractivity contribution >= 4 is 50.9 Å². The van der Waals surface area contributed by atoms with Crippen LogP contribution in [0.15, 0.2) is 84.8 Å². The molecule has 13 nitrogen and oxygen atoms in total. The number of rotatable bonds is 13. The van der Waals surface area contributed by atoms with Gasteiger partial charge in [-0.05, 0) is 54.2 Å². The molecule has 4 aromatic heterocycles. The van der Waals surface area contributed by atoms with Gasteiger partial charge in [0.15, 0.2) is 0 Å². The molecule has 1 aliphatic heterocycles. The topological polar surface area (TPSA) is 172 Å². The van der Waals surface area contributed by atoms with E-state index in [0.717, 1.165) is 54.6 Å². The second-order valence-corrected chi connectivity index (χ2v) is 16.3. The zero-order valence-electron chi connectivity index (χ0n) is 32.6. The van der Waals surface area contributed by atoms with E-state index in [1.54, 1.807) is 29.8 Å². The Hall–Kier alpha value is -5.70. The Labute approximate surface area is 334 Å². The molecule has 1 fully saturated rings. The number of pyridine rings is 2. The Balaban J connectivity index is 0.886. The third kappa shape index (κ3) is 8.98. The van der Waals surface area contributed by atoms with Crippen LogP contribution in [0.1, 0.15) is 51.4 Å². The lowest BCUT2D eigenvalue weighted by atomic mass is 9.85. The van der Waals surface area contributed by atoms with E-state index in [1.165, 1.54) is 4.90 Å². The fourth-order valence-corrected chi connectivity index (χ4v) is 7.96. The molecule has 3 amide bonds. The predicted octanol–water partition coefficient (Wildman–Crippen LogP) is 5.98. The lowest BCUT2D eigenvalue weighted by molar-refractivity contribution is -0.144. The molecule has 0 bridgehead atoms. The number of H-pyrrole nitrogens is 1. The number of carbonyl (C=O) groups excluding carboxylic acids is 3. The minimum Gasteiger partial charge on any atom is -0.475 e. The first-order valence-corrected chi connectivity index (χ1v) is 19.8. The van der Waals surface area contributed by atoms with Gasteiger partial charge in [0.2, 0.25) is 23.6 Å². The molecule has 4 N–H and O–H groups in total. The molecule has 296 valence electrons. The number of hydrogen-bond donors (Lipinski definition) is 4. The Kier molecular flexibility index (Phi) is 11.7. The summed E-state index contributed by atoms with van der Waals surface area (Å²) >= 11 is 1.58. The van der Waals surface area contributed by atoms with Gasteiger partial charge in [-0.15, -0.1) is 11.3 Å². The number of β-amino-alcohol motifs (C(OH)–C–C–N with tert-alkyl or cyclic N) is 1. The highest BCUT2D eigenvalue weighted by molar-refractivity contribution is 7.13. The summed E-state index contributed by atoms with van der Waals surface area (Å²) in [5, 5.41) is 18.6. The van der Waals surface area contributed by atoms with Gasteiger partial charge in [0.1, 0.15) is 25.3 Å². The van der Waals surface area contributed by atoms with Gasteiger partial charge in [-0.3, -0.25) is 19.4 Å². The SMILES string of the molecule is Cc1ncsc1-c1ccc(C(C)NC(=O)[C@@H]2C[C@@H](O)CN2C(=O)C(NC(=O)COCCOc2ccc(-c3ccc4c(c3)[nH]c3ccncc34)cn2)C(C)(C)C)cc1. The molecular weight excluding hydrogens is 743 g/mol. The van der Waals surface area contributed by atoms with E-state index in [4.69, 9.17) is 9.47 Å². The highest BCUT2D eigenvalue weighted by atomic mass is 32.1. The molecule has 6 aromatic rings. The third-order valence-electron chi connectivity index (χ3n) is 10.2. The molecule has 4 atom stereocenters. The summed E-state index contributed by atoms with van der Waals surface area (Å²) in [5.74, 6) is -0.879. The number of aliphatic hydroxyl groups excluding tert-OH is 1. The van der Waals surface area contributed by atoms with Crippen molar-refractivity contribution in [3.8, 4) is 27.4 Å². The highest BCUT2D eigenvalue weighted by Crippen LogP contribution is 2.31. The van der Waals surface area contributed by atoms with Gasteiger partial charge in [0.05, 0.1) is 34.8 Å². The second-order valence-electron chi connectivity index (χ2n) is 15.5. The van der Waals surface area contributed by atoms with Gasteiger partial charge in [-0.2, -0.15) is 0 Å². The fourth-order valence-electron chi connectivity index (χ4n) is 7.15. The van der Waals surface area contributed by atoms with Crippen LogP contribution in [0.5, 0.6) is 5.88 Å². The predicted molar refractivity (Wildman–Crippen MR) is 219 cm³/mol. The number of fused-ring (bicyclic) bond motifs is 3. The standard InChI is InChI=1S/C43H47N7O6S/c1-25(27-6-8-28(9-7-27)39-26(2)46-24-57-39)47-41(53)36-19-31(51)22-50(36)42(54)40(43(3,4)5)49-37(52)23-55-16-17-56-38-13-11-30(20-45-38)29-10-12-32-33-21-44-15-14-34(33)48-35(32)18-29/h6-15,18,20-21,24-25,31,36,40,48,51H,16-17,19,22-23H2,1-5H3,(H,47,53)(H,49,52)/t25?,31-,36+,40?/m1/s1. The van der Waals surface area contributed by atoms with Crippen molar-refractivity contribution in [1.29, 1.82) is 0 Å². The van der Waals surface area contributed by atoms with E-state index < -0.39 is 35.4 Å². The van der Waals surface area contributed by atoms with Crippen LogP contribution < -0.4 is 15.4 Å². The monoisotopic (exact) mass is 789 g/mol. The van der Waals surface area contributed by atoms with Crippen LogP contribution in [0.4, 0.5) is 0 Å². The number of nitrogens with one attached hydrogen (secondary N) is 3. The van der Waals surface area contributed by atoms with Crippen LogP contribution >= 0.6 is 11.3 Å². The third-order valence-corrected chi connectivity index (χ3v) is 11.2. The molecule has 14 heteroatoms. The molecule has 0 radical (unpaired) electrons. The van der Waals surface area contributed by atoms with Crippen LogP contribution in [0.25, 0.3) is 43.4 Å². The van der Waals surface area contributed by atoms with Crippen molar-refractivity contribution in [3.63, 3.8) is 0 Å². The average Bonchev–Trinajstić information content (AvgIpc) is 3.92. The van der Waals surface area contributed by atoms with E-state index in [9.17, 15) is 19.5 Å². The number of aromatic amines is 1. The van der Waals surface area contributed by atoms with E-state index in [2.05, 4.69) is 48.8 Å². The Morgan fingerprint density at radius 1 is 0.947 bits per heavy atom. The quantitative estimate of drug-likeness (QED) is 0.103. The number of ether oxygens (including phenoxy) is 2. The van der Waals surface area contributed by atoms with Gasteiger partial charge in [0.25, 0.3) is 0 Å². The Morgan fingerprint density at radius 3 is 2.44 bits per heavy atom. The number of amides is 3. The first-order chi connectivity index (χ1) is 27.4. The maximum Gasteiger partial charge on any atom is 0.246 e. The first-order valence-electron chi connectivity index (χ1n) is 19.0. The summed E-state index contributed by atoms with van der Waals surface area (Å²) in [5.41, 5.74) is 8.03. The van der Waals surface area contributed by atoms with Gasteiger partial charge in [-0.1, -0.05) is 57.2 Å². The molecule has 1 saturated heterocycles. The van der Waals surface area contributed by atoms with Gasteiger partial charge < -0.3 is 35.1 Å². The fraction of sp³-hybridized carbons (Fsp3) is 0.349. The second kappa shape index (κ2) is 16.8. The number of thiazole rings is 1. The van der Waals surface area contributed by atoms with Crippen molar-refractivity contribution in [1.82, 2.24) is 35.5 Å². The number of benzene rings is 2. The summed E-state index contributed by atoms with van der Waals surface area (Å²) in [6.45, 7) is 9.31. The summed E-state index contributed by atoms with van der Waals surface area (Å²) in [7, 11) is 0. The minimum atomic E-state index is -0.970. The molecule has 0 spiro atoms. The van der Waals surface area contributed by atoms with Crippen molar-refractivity contribution in [2.45, 2.75) is 65.3 Å². The maximum atomic E-state index is 14.0. The van der Waals surface area contributed by atoms with Crippen LogP contribution in [0.3, 0.4) is 0 Å². The van der Waals surface area contributed by atoms with E-state index in [1.807, 2.05) is 82.7 Å². The number of aromatic nitrogens is 4. The average molecular weight is 790 g/mol. The van der Waals surface area contributed by atoms with Crippen molar-refractivity contribution in [2.24, 2.45) is 5.41 Å². The van der Waals surface area contributed by atoms with E-state index >= 15 is 0 Å². The number of nitrogens with zero attached hydrogens (tertiary/aromatic N) is 4. The van der Waals surface area contributed by atoms with Gasteiger partial charge >= 0.3 is 0 Å². The molecule has 2 unspecified atom stereocenters. The molecule has 5 heterocycles. The molecule has 0 saturated carbocycles. The zero-order chi connectivity index (χ0) is 40.3. The van der Waals surface area contributed by atoms with Crippen molar-refractivity contribution in [2.75, 3.05) is 26.4 Å². The minimum absolute atomic E-state index is 0.0171. The van der Waals surface area contributed by atoms with Crippen LogP contribution in [-0.4, -0.2) is 92.2 Å². The Bertz CT molecular complexity index is 2370. The summed E-state index contributed by atoms with van der Waals surface area (Å²) in [4.78, 5) is 59.6. The smallest absolute Gasteiger partial charge is 0.246 e. The Morgan fingerprint density at radius 2 is 1.72 bits per heavy atom. The van der Waals surface area contributed by atoms with E-state index in [0.29, 0.717) is 5.88 Å². The van der Waals surface area contributed by atoms with Crippen LogP contribution in [-0.2, 0) is 19.1 Å². The summed E-state index contributed by atoms with van der Waals surface area (Å²) in [6, 6.07) is 17.6. The van der Waals surface area contributed by atoms with Crippen molar-refractivity contribution in [3.05, 3.63) is 96.0 Å². The lowest BCUT2D eigenvalue weighted by Crippen LogP contribution is -2.58. The molecule has 57 heavy (non-hydrogen) atoms. The number of likely N-dealkylation sites (tertiary alicyclic amines) is 1. The molecule has 1 aliphatic rings. The number of aliphatic hydroxyl groups is 1. The van der Waals surface area contributed by atoms with Gasteiger partial charge in [0, 0.05) is 65.0 Å². The normalized spacial score (nSPS) is 16.8. The van der Waals surface area contributed by atoms with Crippen LogP contribution in [0.2, 0.25) is 0 Å². The lowest BCUT2D eigenvalue weighted by Gasteiger charge is -2.35. The molecular formula is C43H47N7O6S. The first kappa shape index (κ1) is 39.5. The molecule has 2 aromatic carbocycles. The summed E-state index contributed by atoms with van der Waals surface area (Å²) in [6.07, 6.45) is 4.59. The van der Waals surface area contributed by atoms with Gasteiger partial charge in [-0.25, -0.2) is 9.97 Å². The van der Waals surface area contributed by atoms with Crippen LogP contribution in [0, 0.1) is 12.3 Å². The van der Waals surface area contributed by atoms with Crippen molar-refractivity contribution < 1.29 is 29.0 Å². The zero-order valence-corrected chi connectivity index (χ0v) is 33.4. The largest absolute Gasteiger partial charge is 0.475 e. The number of carbonyl (C=O) groups is 3. The molecule has 7 rings (SSSR count).